The van der Waals surface area contributed by atoms with E-state index in [1.165, 1.54) is 0 Å². The highest BCUT2D eigenvalue weighted by Crippen LogP contribution is 2.24. The van der Waals surface area contributed by atoms with Gasteiger partial charge in [0.15, 0.2) is 0 Å². The van der Waals surface area contributed by atoms with Crippen LogP contribution in [0.3, 0.4) is 0 Å². The van der Waals surface area contributed by atoms with E-state index in [4.69, 9.17) is 0 Å². The molecule has 0 saturated carbocycles. The Bertz CT molecular complexity index is 651. The zero-order chi connectivity index (χ0) is 16.2. The number of rotatable bonds is 5. The molecule has 0 aliphatic carbocycles. The van der Waals surface area contributed by atoms with Crippen LogP contribution in [0.5, 0.6) is 0 Å². The Balaban J connectivity index is 1.97. The van der Waals surface area contributed by atoms with Gasteiger partial charge in [-0.3, -0.25) is 15.6 Å². The molecule has 116 valence electrons. The number of carbonyl (C=O) groups is 1. The van der Waals surface area contributed by atoms with Crippen molar-refractivity contribution in [2.75, 3.05) is 5.43 Å². The molecule has 0 heterocycles. The zero-order valence-corrected chi connectivity index (χ0v) is 13.2. The lowest BCUT2D eigenvalue weighted by molar-refractivity contribution is -0.125. The lowest BCUT2D eigenvalue weighted by Crippen LogP contribution is -2.36. The Morgan fingerprint density at radius 2 is 1.82 bits per heavy atom. The zero-order valence-electron chi connectivity index (χ0n) is 13.2. The molecule has 3 N–H and O–H groups in total. The SMILES string of the molecule is Cc1ccc(C)c(NNC(=O)CC(C)(O)c2ccccc2)c1. The maximum absolute atomic E-state index is 12.1. The third-order valence-corrected chi connectivity index (χ3v) is 3.63. The average molecular weight is 298 g/mol. The van der Waals surface area contributed by atoms with Crippen molar-refractivity contribution in [3.05, 3.63) is 65.2 Å². The number of anilines is 1. The van der Waals surface area contributed by atoms with Gasteiger partial charge in [-0.1, -0.05) is 42.5 Å². The second kappa shape index (κ2) is 6.62. The lowest BCUT2D eigenvalue weighted by atomic mass is 9.92. The van der Waals surface area contributed by atoms with Gasteiger partial charge in [0.1, 0.15) is 0 Å². The van der Waals surface area contributed by atoms with Gasteiger partial charge in [0.05, 0.1) is 17.7 Å². The molecule has 0 bridgehead atoms. The summed E-state index contributed by atoms with van der Waals surface area (Å²) in [4.78, 5) is 12.1. The molecule has 0 spiro atoms. The summed E-state index contributed by atoms with van der Waals surface area (Å²) in [5.41, 5.74) is 8.09. The molecule has 4 heteroatoms. The number of hydrazine groups is 1. The van der Waals surface area contributed by atoms with Crippen LogP contribution in [0.2, 0.25) is 0 Å². The monoisotopic (exact) mass is 298 g/mol. The van der Waals surface area contributed by atoms with Gasteiger partial charge in [0.2, 0.25) is 5.91 Å². The summed E-state index contributed by atoms with van der Waals surface area (Å²) < 4.78 is 0. The first-order chi connectivity index (χ1) is 10.4. The second-order valence-electron chi connectivity index (χ2n) is 5.81. The fourth-order valence-electron chi connectivity index (χ4n) is 2.26. The minimum Gasteiger partial charge on any atom is -0.385 e. The molecule has 1 atom stereocenters. The molecular weight excluding hydrogens is 276 g/mol. The van der Waals surface area contributed by atoms with Crippen molar-refractivity contribution in [1.29, 1.82) is 0 Å². The van der Waals surface area contributed by atoms with Gasteiger partial charge in [-0.2, -0.15) is 0 Å². The smallest absolute Gasteiger partial charge is 0.241 e. The molecule has 2 aromatic rings. The van der Waals surface area contributed by atoms with E-state index in [1.54, 1.807) is 6.92 Å². The molecule has 1 amide bonds. The van der Waals surface area contributed by atoms with E-state index in [2.05, 4.69) is 10.9 Å². The quantitative estimate of drug-likeness (QED) is 0.744. The summed E-state index contributed by atoms with van der Waals surface area (Å²) in [6.45, 7) is 5.60. The predicted molar refractivity (Wildman–Crippen MR) is 88.3 cm³/mol. The van der Waals surface area contributed by atoms with E-state index >= 15 is 0 Å². The Morgan fingerprint density at radius 1 is 1.14 bits per heavy atom. The van der Waals surface area contributed by atoms with Crippen molar-refractivity contribution in [3.63, 3.8) is 0 Å². The average Bonchev–Trinajstić information content (AvgIpc) is 2.49. The van der Waals surface area contributed by atoms with Gasteiger partial charge in [-0.05, 0) is 43.5 Å². The van der Waals surface area contributed by atoms with Crippen molar-refractivity contribution >= 4 is 11.6 Å². The summed E-state index contributed by atoms with van der Waals surface area (Å²) >= 11 is 0. The van der Waals surface area contributed by atoms with Crippen molar-refractivity contribution in [1.82, 2.24) is 5.43 Å². The standard InChI is InChI=1S/C18H22N2O2/c1-13-9-10-14(2)16(11-13)19-20-17(21)12-18(3,22)15-7-5-4-6-8-15/h4-11,19,22H,12H2,1-3H3,(H,20,21). The number of nitrogens with one attached hydrogen (secondary N) is 2. The highest BCUT2D eigenvalue weighted by atomic mass is 16.3. The van der Waals surface area contributed by atoms with Crippen LogP contribution in [0.4, 0.5) is 5.69 Å². The normalized spacial score (nSPS) is 13.3. The summed E-state index contributed by atoms with van der Waals surface area (Å²) in [5, 5.41) is 10.5. The Labute approximate surface area is 131 Å². The van der Waals surface area contributed by atoms with Crippen molar-refractivity contribution < 1.29 is 9.90 Å². The van der Waals surface area contributed by atoms with Crippen LogP contribution in [0, 0.1) is 13.8 Å². The van der Waals surface area contributed by atoms with Gasteiger partial charge < -0.3 is 5.11 Å². The molecule has 0 aliphatic rings. The third-order valence-electron chi connectivity index (χ3n) is 3.63. The number of carbonyl (C=O) groups excluding carboxylic acids is 1. The van der Waals surface area contributed by atoms with Gasteiger partial charge >= 0.3 is 0 Å². The van der Waals surface area contributed by atoms with E-state index in [1.807, 2.05) is 62.4 Å². The van der Waals surface area contributed by atoms with Crippen LogP contribution >= 0.6 is 0 Å². The molecule has 1 unspecified atom stereocenters. The first-order valence-electron chi connectivity index (χ1n) is 7.28. The highest BCUT2D eigenvalue weighted by molar-refractivity contribution is 5.78. The van der Waals surface area contributed by atoms with Crippen molar-refractivity contribution in [2.24, 2.45) is 0 Å². The largest absolute Gasteiger partial charge is 0.385 e. The Morgan fingerprint density at radius 3 is 2.50 bits per heavy atom. The van der Waals surface area contributed by atoms with Crippen molar-refractivity contribution in [2.45, 2.75) is 32.8 Å². The van der Waals surface area contributed by atoms with E-state index in [0.29, 0.717) is 0 Å². The second-order valence-corrected chi connectivity index (χ2v) is 5.81. The molecule has 0 aromatic heterocycles. The van der Waals surface area contributed by atoms with E-state index in [0.717, 1.165) is 22.4 Å². The van der Waals surface area contributed by atoms with Crippen LogP contribution in [-0.2, 0) is 10.4 Å². The van der Waals surface area contributed by atoms with E-state index < -0.39 is 5.60 Å². The minimum absolute atomic E-state index is 0.0190. The molecule has 0 saturated heterocycles. The third kappa shape index (κ3) is 4.09. The highest BCUT2D eigenvalue weighted by Gasteiger charge is 2.26. The van der Waals surface area contributed by atoms with Gasteiger partial charge in [-0.15, -0.1) is 0 Å². The van der Waals surface area contributed by atoms with Gasteiger partial charge in [0.25, 0.3) is 0 Å². The molecule has 2 aromatic carbocycles. The minimum atomic E-state index is -1.20. The maximum atomic E-state index is 12.1. The van der Waals surface area contributed by atoms with E-state index in [9.17, 15) is 9.90 Å². The van der Waals surface area contributed by atoms with Crippen LogP contribution < -0.4 is 10.9 Å². The fourth-order valence-corrected chi connectivity index (χ4v) is 2.26. The number of aryl methyl sites for hydroxylation is 2. The topological polar surface area (TPSA) is 61.4 Å². The lowest BCUT2D eigenvalue weighted by Gasteiger charge is -2.23. The summed E-state index contributed by atoms with van der Waals surface area (Å²) in [5.74, 6) is -0.269. The molecule has 0 fully saturated rings. The molecular formula is C18H22N2O2. The van der Waals surface area contributed by atoms with Crippen molar-refractivity contribution in [3.8, 4) is 0 Å². The summed E-state index contributed by atoms with van der Waals surface area (Å²) in [6, 6.07) is 15.2. The van der Waals surface area contributed by atoms with Crippen LogP contribution in [-0.4, -0.2) is 11.0 Å². The Hall–Kier alpha value is -2.33. The van der Waals surface area contributed by atoms with Crippen LogP contribution in [0.25, 0.3) is 0 Å². The number of benzene rings is 2. The number of hydrogen-bond acceptors (Lipinski definition) is 3. The Kier molecular flexibility index (Phi) is 4.83. The summed E-state index contributed by atoms with van der Waals surface area (Å²) in [7, 11) is 0. The molecule has 2 rings (SSSR count). The fraction of sp³-hybridized carbons (Fsp3) is 0.278. The van der Waals surface area contributed by atoms with E-state index in [-0.39, 0.29) is 12.3 Å². The maximum Gasteiger partial charge on any atom is 0.241 e. The first kappa shape index (κ1) is 16.0. The first-order valence-corrected chi connectivity index (χ1v) is 7.28. The molecule has 22 heavy (non-hydrogen) atoms. The van der Waals surface area contributed by atoms with Gasteiger partial charge in [0, 0.05) is 0 Å². The van der Waals surface area contributed by atoms with Crippen LogP contribution in [0.15, 0.2) is 48.5 Å². The number of hydrogen-bond donors (Lipinski definition) is 3. The van der Waals surface area contributed by atoms with Crippen LogP contribution in [0.1, 0.15) is 30.0 Å². The molecule has 0 radical (unpaired) electrons. The number of aliphatic hydroxyl groups is 1. The molecule has 0 aliphatic heterocycles. The van der Waals surface area contributed by atoms with Gasteiger partial charge in [-0.25, -0.2) is 0 Å². The predicted octanol–water partition coefficient (Wildman–Crippen LogP) is 3.04. The number of amides is 1. The molecule has 4 nitrogen and oxygen atoms in total. The summed E-state index contributed by atoms with van der Waals surface area (Å²) in [6.07, 6.45) is -0.0190.